The average molecular weight is 300 g/mol. The van der Waals surface area contributed by atoms with Crippen molar-refractivity contribution in [3.8, 4) is 0 Å². The molecule has 0 aliphatic heterocycles. The molecule has 0 aliphatic carbocycles. The van der Waals surface area contributed by atoms with Gasteiger partial charge in [-0.3, -0.25) is 0 Å². The first-order valence-corrected chi connectivity index (χ1v) is 6.23. The van der Waals surface area contributed by atoms with Crippen LogP contribution < -0.4 is 10.6 Å². The van der Waals surface area contributed by atoms with Crippen LogP contribution >= 0.6 is 11.6 Å². The summed E-state index contributed by atoms with van der Waals surface area (Å²) in [6.45, 7) is 0.409. The van der Waals surface area contributed by atoms with Gasteiger partial charge >= 0.3 is 0 Å². The van der Waals surface area contributed by atoms with Crippen molar-refractivity contribution in [2.45, 2.75) is 6.42 Å². The quantitative estimate of drug-likeness (QED) is 0.888. The summed E-state index contributed by atoms with van der Waals surface area (Å²) in [4.78, 5) is 11.8. The fourth-order valence-electron chi connectivity index (χ4n) is 1.61. The number of aromatic nitrogens is 3. The minimum atomic E-state index is -0.597. The van der Waals surface area contributed by atoms with Gasteiger partial charge in [-0.05, 0) is 35.7 Å². The lowest BCUT2D eigenvalue weighted by Crippen LogP contribution is -2.10. The number of hydrogen-bond acceptors (Lipinski definition) is 5. The fourth-order valence-corrected chi connectivity index (χ4v) is 1.77. The number of nitrogens with zero attached hydrogens (tertiary/aromatic N) is 3. The van der Waals surface area contributed by atoms with Crippen LogP contribution in [0, 0.1) is 11.6 Å². The zero-order valence-electron chi connectivity index (χ0n) is 10.6. The van der Waals surface area contributed by atoms with Crippen LogP contribution in [0.5, 0.6) is 0 Å². The van der Waals surface area contributed by atoms with Crippen LogP contribution in [0.2, 0.25) is 5.28 Å². The number of benzene rings is 1. The van der Waals surface area contributed by atoms with Crippen LogP contribution in [0.25, 0.3) is 0 Å². The molecule has 106 valence electrons. The molecule has 5 nitrogen and oxygen atoms in total. The molecule has 0 radical (unpaired) electrons. The highest BCUT2D eigenvalue weighted by Crippen LogP contribution is 2.11. The number of anilines is 2. The van der Waals surface area contributed by atoms with E-state index in [1.165, 1.54) is 12.1 Å². The molecule has 0 saturated carbocycles. The summed E-state index contributed by atoms with van der Waals surface area (Å²) in [5.74, 6) is -0.558. The van der Waals surface area contributed by atoms with Crippen molar-refractivity contribution in [2.24, 2.45) is 0 Å². The van der Waals surface area contributed by atoms with Crippen LogP contribution in [0.1, 0.15) is 5.56 Å². The zero-order chi connectivity index (χ0) is 14.5. The van der Waals surface area contributed by atoms with Gasteiger partial charge in [0.1, 0.15) is 11.6 Å². The maximum absolute atomic E-state index is 13.0. The molecular formula is C12H12ClF2N5. The molecule has 1 heterocycles. The van der Waals surface area contributed by atoms with E-state index >= 15 is 0 Å². The van der Waals surface area contributed by atoms with Gasteiger partial charge in [-0.25, -0.2) is 8.78 Å². The van der Waals surface area contributed by atoms with Crippen LogP contribution in [-0.4, -0.2) is 28.5 Å². The zero-order valence-corrected chi connectivity index (χ0v) is 11.4. The second-order valence-electron chi connectivity index (χ2n) is 3.96. The van der Waals surface area contributed by atoms with E-state index < -0.39 is 11.6 Å². The number of hydrogen-bond donors (Lipinski definition) is 2. The van der Waals surface area contributed by atoms with Crippen LogP contribution in [0.4, 0.5) is 20.7 Å². The summed E-state index contributed by atoms with van der Waals surface area (Å²) in [6.07, 6.45) is 0.423. The second kappa shape index (κ2) is 6.42. The van der Waals surface area contributed by atoms with Crippen LogP contribution in [0.3, 0.4) is 0 Å². The third kappa shape index (κ3) is 3.99. The Morgan fingerprint density at radius 1 is 1.05 bits per heavy atom. The van der Waals surface area contributed by atoms with Crippen molar-refractivity contribution in [1.29, 1.82) is 0 Å². The lowest BCUT2D eigenvalue weighted by atomic mass is 10.1. The first-order chi connectivity index (χ1) is 9.56. The molecule has 0 saturated heterocycles. The van der Waals surface area contributed by atoms with E-state index in [0.29, 0.717) is 30.4 Å². The molecule has 0 atom stereocenters. The lowest BCUT2D eigenvalue weighted by Gasteiger charge is -2.07. The van der Waals surface area contributed by atoms with Crippen molar-refractivity contribution >= 4 is 23.5 Å². The van der Waals surface area contributed by atoms with Gasteiger partial charge in [0.15, 0.2) is 0 Å². The smallest absolute Gasteiger partial charge is 0.228 e. The maximum Gasteiger partial charge on any atom is 0.228 e. The molecule has 0 amide bonds. The summed E-state index contributed by atoms with van der Waals surface area (Å²) < 4.78 is 26.0. The van der Waals surface area contributed by atoms with Crippen LogP contribution in [-0.2, 0) is 6.42 Å². The summed E-state index contributed by atoms with van der Waals surface area (Å²) in [7, 11) is 1.66. The van der Waals surface area contributed by atoms with Gasteiger partial charge in [0.05, 0.1) is 0 Å². The topological polar surface area (TPSA) is 62.7 Å². The molecule has 1 aromatic heterocycles. The third-order valence-electron chi connectivity index (χ3n) is 2.45. The van der Waals surface area contributed by atoms with E-state index in [0.717, 1.165) is 6.07 Å². The molecular weight excluding hydrogens is 288 g/mol. The molecule has 20 heavy (non-hydrogen) atoms. The Labute approximate surface area is 119 Å². The largest absolute Gasteiger partial charge is 0.357 e. The minimum Gasteiger partial charge on any atom is -0.357 e. The van der Waals surface area contributed by atoms with Gasteiger partial charge in [0.2, 0.25) is 17.2 Å². The van der Waals surface area contributed by atoms with Gasteiger partial charge in [-0.1, -0.05) is 0 Å². The first kappa shape index (κ1) is 14.4. The van der Waals surface area contributed by atoms with Crippen molar-refractivity contribution in [1.82, 2.24) is 15.0 Å². The Kier molecular flexibility index (Phi) is 4.62. The van der Waals surface area contributed by atoms with E-state index in [9.17, 15) is 8.78 Å². The Hall–Kier alpha value is -2.02. The van der Waals surface area contributed by atoms with Gasteiger partial charge in [-0.15, -0.1) is 0 Å². The van der Waals surface area contributed by atoms with Crippen molar-refractivity contribution in [3.63, 3.8) is 0 Å². The summed E-state index contributed by atoms with van der Waals surface area (Å²) >= 11 is 5.72. The molecule has 0 bridgehead atoms. The predicted octanol–water partition coefficient (Wildman–Crippen LogP) is 2.50. The van der Waals surface area contributed by atoms with Crippen molar-refractivity contribution in [2.75, 3.05) is 24.2 Å². The van der Waals surface area contributed by atoms with E-state index in [1.807, 2.05) is 0 Å². The normalized spacial score (nSPS) is 10.4. The molecule has 0 fully saturated rings. The average Bonchev–Trinajstić information content (AvgIpc) is 2.37. The lowest BCUT2D eigenvalue weighted by molar-refractivity contribution is 0.580. The Bertz CT molecular complexity index is 588. The van der Waals surface area contributed by atoms with E-state index in [2.05, 4.69) is 25.6 Å². The summed E-state index contributed by atoms with van der Waals surface area (Å²) in [5, 5.41) is 5.72. The first-order valence-electron chi connectivity index (χ1n) is 5.85. The van der Waals surface area contributed by atoms with Gasteiger partial charge in [0.25, 0.3) is 0 Å². The van der Waals surface area contributed by atoms with Crippen LogP contribution in [0.15, 0.2) is 18.2 Å². The fraction of sp³-hybridized carbons (Fsp3) is 0.250. The summed E-state index contributed by atoms with van der Waals surface area (Å²) in [6, 6.07) is 3.40. The van der Waals surface area contributed by atoms with Gasteiger partial charge in [0, 0.05) is 19.7 Å². The molecule has 2 N–H and O–H groups in total. The van der Waals surface area contributed by atoms with Crippen molar-refractivity contribution in [3.05, 3.63) is 40.7 Å². The Morgan fingerprint density at radius 3 is 2.35 bits per heavy atom. The Morgan fingerprint density at radius 2 is 1.70 bits per heavy atom. The standard InChI is InChI=1S/C12H12ClF2N5/c1-16-11-18-10(13)19-12(20-11)17-3-2-7-4-8(14)6-9(15)5-7/h4-6H,2-3H2,1H3,(H2,16,17,18,19,20). The number of rotatable bonds is 5. The van der Waals surface area contributed by atoms with E-state index in [1.54, 1.807) is 7.05 Å². The monoisotopic (exact) mass is 299 g/mol. The van der Waals surface area contributed by atoms with E-state index in [4.69, 9.17) is 11.6 Å². The van der Waals surface area contributed by atoms with Gasteiger partial charge in [-0.2, -0.15) is 15.0 Å². The Balaban J connectivity index is 1.97. The highest BCUT2D eigenvalue weighted by molar-refractivity contribution is 6.28. The maximum atomic E-state index is 13.0. The number of nitrogens with one attached hydrogen (secondary N) is 2. The molecule has 1 aromatic carbocycles. The predicted molar refractivity (Wildman–Crippen MR) is 72.9 cm³/mol. The third-order valence-corrected chi connectivity index (χ3v) is 2.62. The molecule has 2 rings (SSSR count). The highest BCUT2D eigenvalue weighted by Gasteiger charge is 2.04. The van der Waals surface area contributed by atoms with E-state index in [-0.39, 0.29) is 5.28 Å². The molecule has 0 unspecified atom stereocenters. The molecule has 8 heteroatoms. The molecule has 0 aliphatic rings. The second-order valence-corrected chi connectivity index (χ2v) is 4.29. The van der Waals surface area contributed by atoms with Gasteiger partial charge < -0.3 is 10.6 Å². The molecule has 0 spiro atoms. The highest BCUT2D eigenvalue weighted by atomic mass is 35.5. The minimum absolute atomic E-state index is 0.0589. The number of halogens is 3. The summed E-state index contributed by atoms with van der Waals surface area (Å²) in [5.41, 5.74) is 0.545. The van der Waals surface area contributed by atoms with Crippen molar-refractivity contribution < 1.29 is 8.78 Å². The molecule has 2 aromatic rings. The SMILES string of the molecule is CNc1nc(Cl)nc(NCCc2cc(F)cc(F)c2)n1.